The zero-order chi connectivity index (χ0) is 27.6. The fraction of sp³-hybridized carbons (Fsp3) is 0.310. The molecule has 2 aliphatic rings. The van der Waals surface area contributed by atoms with Crippen LogP contribution in [0.25, 0.3) is 17.1 Å². The van der Waals surface area contributed by atoms with Crippen LogP contribution in [0.1, 0.15) is 27.4 Å². The average Bonchev–Trinajstić information content (AvgIpc) is 3.72. The van der Waals surface area contributed by atoms with Crippen molar-refractivity contribution in [3.63, 3.8) is 0 Å². The normalized spacial score (nSPS) is 18.4. The monoisotopic (exact) mass is 543 g/mol. The number of ether oxygens (including phenoxy) is 3. The summed E-state index contributed by atoms with van der Waals surface area (Å²) < 4.78 is 24.2. The molecule has 0 aliphatic carbocycles. The fourth-order valence-electron chi connectivity index (χ4n) is 5.08. The highest BCUT2D eigenvalue weighted by Crippen LogP contribution is 2.33. The van der Waals surface area contributed by atoms with E-state index < -0.39 is 0 Å². The lowest BCUT2D eigenvalue weighted by Crippen LogP contribution is -2.40. The Morgan fingerprint density at radius 1 is 1.20 bits per heavy atom. The number of amides is 2. The Morgan fingerprint density at radius 3 is 2.92 bits per heavy atom. The molecule has 0 unspecified atom stereocenters. The second-order valence-electron chi connectivity index (χ2n) is 9.96. The third-order valence-corrected chi connectivity index (χ3v) is 7.08. The maximum absolute atomic E-state index is 13.6. The first-order valence-corrected chi connectivity index (χ1v) is 13.0. The van der Waals surface area contributed by atoms with Gasteiger partial charge in [-0.15, -0.1) is 0 Å². The van der Waals surface area contributed by atoms with Crippen LogP contribution in [0.4, 0.5) is 0 Å². The van der Waals surface area contributed by atoms with E-state index in [0.717, 1.165) is 28.3 Å². The SMILES string of the molecule is COc1ccc2cc1OCC(=O)NCc1cc(C(=O)N[C@H]3COC[C@H]3Cc3cc(C)no3)cc(c1)-n1ccnc1-2. The maximum Gasteiger partial charge on any atom is 0.258 e. The highest BCUT2D eigenvalue weighted by atomic mass is 16.5. The molecule has 40 heavy (non-hydrogen) atoms. The highest BCUT2D eigenvalue weighted by molar-refractivity contribution is 5.95. The minimum atomic E-state index is -0.297. The Morgan fingerprint density at radius 2 is 2.10 bits per heavy atom. The molecule has 206 valence electrons. The van der Waals surface area contributed by atoms with E-state index in [9.17, 15) is 9.59 Å². The summed E-state index contributed by atoms with van der Waals surface area (Å²) in [5.41, 5.74) is 3.54. The van der Waals surface area contributed by atoms with E-state index in [0.29, 0.717) is 42.5 Å². The molecule has 4 bridgehead atoms. The first kappa shape index (κ1) is 25.6. The minimum absolute atomic E-state index is 0.0596. The van der Waals surface area contributed by atoms with E-state index >= 15 is 0 Å². The zero-order valence-corrected chi connectivity index (χ0v) is 22.2. The van der Waals surface area contributed by atoms with Crippen LogP contribution >= 0.6 is 0 Å². The van der Waals surface area contributed by atoms with Gasteiger partial charge in [-0.1, -0.05) is 5.16 Å². The summed E-state index contributed by atoms with van der Waals surface area (Å²) >= 11 is 0. The summed E-state index contributed by atoms with van der Waals surface area (Å²) in [6.45, 7) is 2.84. The van der Waals surface area contributed by atoms with E-state index in [2.05, 4.69) is 20.8 Å². The summed E-state index contributed by atoms with van der Waals surface area (Å²) in [5, 5.41) is 9.97. The number of methoxy groups -OCH3 is 1. The van der Waals surface area contributed by atoms with Crippen molar-refractivity contribution in [3.05, 3.63) is 77.4 Å². The Hall–Kier alpha value is -4.64. The van der Waals surface area contributed by atoms with E-state index in [4.69, 9.17) is 18.7 Å². The van der Waals surface area contributed by atoms with Crippen molar-refractivity contribution in [3.8, 4) is 28.6 Å². The molecule has 2 amide bonds. The molecule has 1 saturated heterocycles. The van der Waals surface area contributed by atoms with Gasteiger partial charge in [-0.05, 0) is 48.9 Å². The molecule has 4 heterocycles. The standard InChI is InChI=1S/C29H29N5O6/c1-17-7-23(40-33-17)11-21-14-38-15-24(21)32-29(36)20-8-18-9-22(10-20)34-6-5-30-28(34)19-3-4-25(37-2)26(12-19)39-16-27(35)31-13-18/h3-10,12,21,24H,11,13-16H2,1-2H3,(H,31,35)(H,32,36)/t21-,24+/m1/s1. The quantitative estimate of drug-likeness (QED) is 0.393. The summed E-state index contributed by atoms with van der Waals surface area (Å²) in [4.78, 5) is 30.7. The molecule has 0 saturated carbocycles. The van der Waals surface area contributed by atoms with Crippen molar-refractivity contribution in [2.45, 2.75) is 25.9 Å². The van der Waals surface area contributed by atoms with Crippen LogP contribution in [0.3, 0.4) is 0 Å². The van der Waals surface area contributed by atoms with Gasteiger partial charge in [-0.3, -0.25) is 14.2 Å². The van der Waals surface area contributed by atoms with Crippen molar-refractivity contribution < 1.29 is 28.3 Å². The molecule has 11 heteroatoms. The van der Waals surface area contributed by atoms with E-state index in [1.54, 1.807) is 31.5 Å². The number of benzene rings is 2. The van der Waals surface area contributed by atoms with E-state index in [1.165, 1.54) is 0 Å². The van der Waals surface area contributed by atoms with Crippen molar-refractivity contribution in [1.29, 1.82) is 0 Å². The number of rotatable bonds is 5. The minimum Gasteiger partial charge on any atom is -0.493 e. The average molecular weight is 544 g/mol. The number of hydrogen-bond donors (Lipinski definition) is 2. The molecule has 0 radical (unpaired) electrons. The number of carbonyl (C=O) groups excluding carboxylic acids is 2. The Balaban J connectivity index is 1.32. The van der Waals surface area contributed by atoms with Gasteiger partial charge >= 0.3 is 0 Å². The Bertz CT molecular complexity index is 1560. The summed E-state index contributed by atoms with van der Waals surface area (Å²) in [6.07, 6.45) is 4.15. The van der Waals surface area contributed by atoms with Gasteiger partial charge < -0.3 is 29.4 Å². The smallest absolute Gasteiger partial charge is 0.258 e. The van der Waals surface area contributed by atoms with Crippen molar-refractivity contribution in [1.82, 2.24) is 25.3 Å². The number of imidazole rings is 1. The molecule has 2 atom stereocenters. The highest BCUT2D eigenvalue weighted by Gasteiger charge is 2.31. The topological polar surface area (TPSA) is 130 Å². The van der Waals surface area contributed by atoms with Crippen molar-refractivity contribution in [2.24, 2.45) is 5.92 Å². The summed E-state index contributed by atoms with van der Waals surface area (Å²) in [6, 6.07) is 12.7. The Kier molecular flexibility index (Phi) is 6.95. The lowest BCUT2D eigenvalue weighted by Gasteiger charge is -2.19. The van der Waals surface area contributed by atoms with Gasteiger partial charge in [-0.2, -0.15) is 0 Å². The van der Waals surface area contributed by atoms with Crippen molar-refractivity contribution in [2.75, 3.05) is 26.9 Å². The van der Waals surface area contributed by atoms with Gasteiger partial charge in [0.25, 0.3) is 11.8 Å². The largest absolute Gasteiger partial charge is 0.493 e. The number of carbonyl (C=O) groups is 2. The molecule has 2 N–H and O–H groups in total. The first-order valence-electron chi connectivity index (χ1n) is 13.0. The van der Waals surface area contributed by atoms with E-state index in [1.807, 2.05) is 42.0 Å². The van der Waals surface area contributed by atoms with Gasteiger partial charge in [0, 0.05) is 54.2 Å². The fourth-order valence-corrected chi connectivity index (χ4v) is 5.08. The van der Waals surface area contributed by atoms with Crippen LogP contribution in [0, 0.1) is 12.8 Å². The summed E-state index contributed by atoms with van der Waals surface area (Å²) in [5.74, 6) is 1.90. The van der Waals surface area contributed by atoms with Crippen molar-refractivity contribution >= 4 is 11.8 Å². The Labute approximate surface area is 230 Å². The van der Waals surface area contributed by atoms with Gasteiger partial charge in [0.1, 0.15) is 11.6 Å². The molecule has 1 fully saturated rings. The van der Waals surface area contributed by atoms with Gasteiger partial charge in [-0.25, -0.2) is 4.98 Å². The lowest BCUT2D eigenvalue weighted by molar-refractivity contribution is -0.123. The van der Waals surface area contributed by atoms with E-state index in [-0.39, 0.29) is 36.9 Å². The second kappa shape index (κ2) is 10.9. The third kappa shape index (κ3) is 5.28. The summed E-state index contributed by atoms with van der Waals surface area (Å²) in [7, 11) is 1.55. The second-order valence-corrected chi connectivity index (χ2v) is 9.96. The molecular weight excluding hydrogens is 514 g/mol. The molecule has 2 aliphatic heterocycles. The van der Waals surface area contributed by atoms with Gasteiger partial charge in [0.05, 0.1) is 32.1 Å². The van der Waals surface area contributed by atoms with Crippen LogP contribution in [-0.4, -0.2) is 59.5 Å². The molecule has 6 rings (SSSR count). The molecule has 4 aromatic rings. The molecular formula is C29H29N5O6. The number of hydrogen-bond acceptors (Lipinski definition) is 8. The number of aromatic nitrogens is 3. The van der Waals surface area contributed by atoms with Gasteiger partial charge in [0.2, 0.25) is 0 Å². The molecule has 2 aromatic heterocycles. The van der Waals surface area contributed by atoms with Crippen LogP contribution in [0.15, 0.2) is 59.4 Å². The zero-order valence-electron chi connectivity index (χ0n) is 22.2. The number of aryl methyl sites for hydroxylation is 1. The maximum atomic E-state index is 13.6. The molecule has 0 spiro atoms. The number of nitrogens with one attached hydrogen (secondary N) is 2. The van der Waals surface area contributed by atoms with Gasteiger partial charge in [0.15, 0.2) is 18.1 Å². The van der Waals surface area contributed by atoms with Crippen LogP contribution < -0.4 is 20.1 Å². The molecule has 11 nitrogen and oxygen atoms in total. The lowest BCUT2D eigenvalue weighted by atomic mass is 9.97. The predicted octanol–water partition coefficient (Wildman–Crippen LogP) is 2.84. The number of nitrogens with zero attached hydrogens (tertiary/aromatic N) is 3. The number of fused-ring (bicyclic) bond motifs is 7. The van der Waals surface area contributed by atoms with Crippen LogP contribution in [-0.2, 0) is 22.5 Å². The van der Waals surface area contributed by atoms with Crippen LogP contribution in [0.5, 0.6) is 11.5 Å². The predicted molar refractivity (Wildman–Crippen MR) is 143 cm³/mol. The first-order chi connectivity index (χ1) is 19.5. The van der Waals surface area contributed by atoms with Crippen LogP contribution in [0.2, 0.25) is 0 Å². The third-order valence-electron chi connectivity index (χ3n) is 7.08. The molecule has 2 aromatic carbocycles.